The van der Waals surface area contributed by atoms with Gasteiger partial charge in [-0.05, 0) is 11.4 Å². The summed E-state index contributed by atoms with van der Waals surface area (Å²) in [5.41, 5.74) is 0. The zero-order chi connectivity index (χ0) is 9.80. The van der Waals surface area contributed by atoms with E-state index in [0.29, 0.717) is 0 Å². The Morgan fingerprint density at radius 3 is 3.14 bits per heavy atom. The molecule has 2 N–H and O–H groups in total. The Labute approximate surface area is 87.7 Å². The molecule has 3 nitrogen and oxygen atoms in total. The van der Waals surface area contributed by atoms with Crippen molar-refractivity contribution in [2.75, 3.05) is 26.2 Å². The average Bonchev–Trinajstić information content (AvgIpc) is 2.59. The summed E-state index contributed by atoms with van der Waals surface area (Å²) in [5.74, 6) is 0.204. The van der Waals surface area contributed by atoms with E-state index in [2.05, 4.69) is 5.32 Å². The van der Waals surface area contributed by atoms with Crippen molar-refractivity contribution >= 4 is 17.2 Å². The molecular weight excluding hydrogens is 196 g/mol. The number of nitrogens with zero attached hydrogens (tertiary/aromatic N) is 1. The van der Waals surface area contributed by atoms with Gasteiger partial charge in [-0.25, -0.2) is 0 Å². The third-order valence-electron chi connectivity index (χ3n) is 2.46. The van der Waals surface area contributed by atoms with Crippen LogP contribution in [0, 0.1) is 0 Å². The smallest absolute Gasteiger partial charge is 0.264 e. The average molecular weight is 211 g/mol. The third kappa shape index (κ3) is 2.13. The molecule has 0 bridgehead atoms. The zero-order valence-electron chi connectivity index (χ0n) is 8.11. The normalized spacial score (nSPS) is 17.9. The summed E-state index contributed by atoms with van der Waals surface area (Å²) in [6.07, 6.45) is 1.11. The van der Waals surface area contributed by atoms with Crippen LogP contribution in [0.2, 0.25) is 0 Å². The number of thiophene rings is 1. The molecule has 2 rings (SSSR count). The quantitative estimate of drug-likeness (QED) is 0.706. The van der Waals surface area contributed by atoms with Crippen LogP contribution in [0.3, 0.4) is 0 Å². The minimum Gasteiger partial charge on any atom is -0.345 e. The second-order valence-corrected chi connectivity index (χ2v) is 4.44. The number of quaternary nitrogens is 1. The third-order valence-corrected chi connectivity index (χ3v) is 3.32. The summed E-state index contributed by atoms with van der Waals surface area (Å²) in [6.45, 7) is 3.98. The molecule has 2 heterocycles. The lowest BCUT2D eigenvalue weighted by Gasteiger charge is -2.17. The molecular formula is C10H15N2OS+. The molecule has 0 spiro atoms. The summed E-state index contributed by atoms with van der Waals surface area (Å²) in [5, 5.41) is 4.24. The molecule has 0 saturated carbocycles. The maximum atomic E-state index is 11.9. The number of hydrogen-bond donors (Lipinski definition) is 1. The van der Waals surface area contributed by atoms with Crippen molar-refractivity contribution < 1.29 is 10.1 Å². The van der Waals surface area contributed by atoms with Gasteiger partial charge in [0.1, 0.15) is 0 Å². The maximum absolute atomic E-state index is 11.9. The van der Waals surface area contributed by atoms with Gasteiger partial charge < -0.3 is 10.2 Å². The molecule has 0 unspecified atom stereocenters. The van der Waals surface area contributed by atoms with Crippen LogP contribution in [0.25, 0.3) is 0 Å². The summed E-state index contributed by atoms with van der Waals surface area (Å²) < 4.78 is 0. The van der Waals surface area contributed by atoms with Crippen LogP contribution in [0.1, 0.15) is 16.1 Å². The molecule has 0 aliphatic carbocycles. The van der Waals surface area contributed by atoms with Gasteiger partial charge in [0, 0.05) is 13.0 Å². The van der Waals surface area contributed by atoms with Crippen LogP contribution >= 0.6 is 11.3 Å². The number of nitrogens with two attached hydrogens (primary N) is 1. The van der Waals surface area contributed by atoms with E-state index in [1.807, 2.05) is 22.4 Å². The first kappa shape index (κ1) is 9.68. The van der Waals surface area contributed by atoms with E-state index in [1.165, 1.54) is 11.3 Å². The van der Waals surface area contributed by atoms with Crippen LogP contribution in [0.5, 0.6) is 0 Å². The molecule has 76 valence electrons. The van der Waals surface area contributed by atoms with E-state index >= 15 is 0 Å². The van der Waals surface area contributed by atoms with Gasteiger partial charge in [-0.2, -0.15) is 0 Å². The largest absolute Gasteiger partial charge is 0.345 e. The van der Waals surface area contributed by atoms with Crippen molar-refractivity contribution in [2.24, 2.45) is 0 Å². The molecule has 1 aliphatic heterocycles. The van der Waals surface area contributed by atoms with Crippen LogP contribution in [-0.2, 0) is 0 Å². The van der Waals surface area contributed by atoms with E-state index in [9.17, 15) is 4.79 Å². The predicted molar refractivity (Wildman–Crippen MR) is 56.5 cm³/mol. The zero-order valence-corrected chi connectivity index (χ0v) is 8.93. The van der Waals surface area contributed by atoms with Crippen molar-refractivity contribution in [2.45, 2.75) is 6.42 Å². The van der Waals surface area contributed by atoms with Crippen molar-refractivity contribution in [1.29, 1.82) is 0 Å². The Morgan fingerprint density at radius 1 is 1.43 bits per heavy atom. The number of amides is 1. The molecule has 1 aromatic heterocycles. The SMILES string of the molecule is O=C(c1cccs1)N1CCC[NH2+]CC1. The fourth-order valence-electron chi connectivity index (χ4n) is 1.69. The Kier molecular flexibility index (Phi) is 3.16. The highest BCUT2D eigenvalue weighted by Crippen LogP contribution is 2.12. The summed E-state index contributed by atoms with van der Waals surface area (Å²) in [7, 11) is 0. The fourth-order valence-corrected chi connectivity index (χ4v) is 2.38. The highest BCUT2D eigenvalue weighted by molar-refractivity contribution is 7.12. The van der Waals surface area contributed by atoms with Crippen molar-refractivity contribution in [1.82, 2.24) is 4.90 Å². The lowest BCUT2D eigenvalue weighted by Crippen LogP contribution is -2.84. The van der Waals surface area contributed by atoms with Crippen LogP contribution < -0.4 is 5.32 Å². The van der Waals surface area contributed by atoms with Crippen LogP contribution in [-0.4, -0.2) is 37.0 Å². The molecule has 1 saturated heterocycles. The monoisotopic (exact) mass is 211 g/mol. The van der Waals surface area contributed by atoms with E-state index in [-0.39, 0.29) is 5.91 Å². The van der Waals surface area contributed by atoms with Gasteiger partial charge in [0.15, 0.2) is 0 Å². The number of carbonyl (C=O) groups excluding carboxylic acids is 1. The molecule has 0 radical (unpaired) electrons. The van der Waals surface area contributed by atoms with Gasteiger partial charge in [-0.15, -0.1) is 11.3 Å². The van der Waals surface area contributed by atoms with Gasteiger partial charge in [-0.1, -0.05) is 6.07 Å². The molecule has 4 heteroatoms. The summed E-state index contributed by atoms with van der Waals surface area (Å²) in [6, 6.07) is 3.84. The first-order valence-corrected chi connectivity index (χ1v) is 5.90. The molecule has 1 fully saturated rings. The second-order valence-electron chi connectivity index (χ2n) is 3.49. The predicted octanol–water partition coefficient (Wildman–Crippen LogP) is 0.157. The molecule has 1 amide bonds. The van der Waals surface area contributed by atoms with E-state index in [0.717, 1.165) is 37.5 Å². The van der Waals surface area contributed by atoms with Gasteiger partial charge in [0.25, 0.3) is 5.91 Å². The summed E-state index contributed by atoms with van der Waals surface area (Å²) in [4.78, 5) is 14.8. The van der Waals surface area contributed by atoms with Crippen LogP contribution in [0.4, 0.5) is 0 Å². The van der Waals surface area contributed by atoms with Crippen LogP contribution in [0.15, 0.2) is 17.5 Å². The van der Waals surface area contributed by atoms with Gasteiger partial charge >= 0.3 is 0 Å². The van der Waals surface area contributed by atoms with E-state index < -0.39 is 0 Å². The topological polar surface area (TPSA) is 36.9 Å². The lowest BCUT2D eigenvalue weighted by atomic mass is 10.3. The highest BCUT2D eigenvalue weighted by atomic mass is 32.1. The Morgan fingerprint density at radius 2 is 2.36 bits per heavy atom. The Hall–Kier alpha value is -0.870. The first-order chi connectivity index (χ1) is 6.88. The highest BCUT2D eigenvalue weighted by Gasteiger charge is 2.18. The maximum Gasteiger partial charge on any atom is 0.264 e. The molecule has 14 heavy (non-hydrogen) atoms. The summed E-state index contributed by atoms with van der Waals surface area (Å²) >= 11 is 1.53. The van der Waals surface area contributed by atoms with E-state index in [4.69, 9.17) is 0 Å². The van der Waals surface area contributed by atoms with Crippen molar-refractivity contribution in [3.05, 3.63) is 22.4 Å². The minimum absolute atomic E-state index is 0.204. The van der Waals surface area contributed by atoms with Gasteiger partial charge in [0.05, 0.1) is 24.5 Å². The Bertz CT molecular complexity index is 289. The van der Waals surface area contributed by atoms with Gasteiger partial charge in [0.2, 0.25) is 0 Å². The lowest BCUT2D eigenvalue weighted by molar-refractivity contribution is -0.651. The molecule has 0 atom stereocenters. The molecule has 1 aromatic rings. The number of hydrogen-bond acceptors (Lipinski definition) is 2. The first-order valence-electron chi connectivity index (χ1n) is 5.02. The van der Waals surface area contributed by atoms with E-state index in [1.54, 1.807) is 0 Å². The Balaban J connectivity index is 2.03. The van der Waals surface area contributed by atoms with Crippen molar-refractivity contribution in [3.8, 4) is 0 Å². The standard InChI is InChI=1S/C10H14N2OS/c13-10(9-3-1-8-14-9)12-6-2-4-11-5-7-12/h1,3,8,11H,2,4-7H2/p+1. The number of rotatable bonds is 1. The minimum atomic E-state index is 0.204. The molecule has 1 aliphatic rings. The number of carbonyl (C=O) groups is 1. The molecule has 0 aromatic carbocycles. The fraction of sp³-hybridized carbons (Fsp3) is 0.500. The second kappa shape index (κ2) is 4.57. The van der Waals surface area contributed by atoms with Crippen molar-refractivity contribution in [3.63, 3.8) is 0 Å². The van der Waals surface area contributed by atoms with Gasteiger partial charge in [-0.3, -0.25) is 4.79 Å².